The molecule has 6 heteroatoms. The summed E-state index contributed by atoms with van der Waals surface area (Å²) < 4.78 is 0. The maximum atomic E-state index is 10.8. The van der Waals surface area contributed by atoms with Crippen LogP contribution in [0.15, 0.2) is 47.6 Å². The van der Waals surface area contributed by atoms with Gasteiger partial charge in [0.1, 0.15) is 0 Å². The molecule has 2 N–H and O–H groups in total. The number of aromatic carboxylic acids is 1. The van der Waals surface area contributed by atoms with Gasteiger partial charge in [-0.1, -0.05) is 35.3 Å². The van der Waals surface area contributed by atoms with Crippen molar-refractivity contribution in [1.82, 2.24) is 0 Å². The van der Waals surface area contributed by atoms with Crippen molar-refractivity contribution in [2.45, 2.75) is 0 Å². The summed E-state index contributed by atoms with van der Waals surface area (Å²) in [4.78, 5) is 10.8. The molecular formula is C14H10Cl2N2O2. The van der Waals surface area contributed by atoms with Crippen LogP contribution in [-0.2, 0) is 0 Å². The lowest BCUT2D eigenvalue weighted by atomic mass is 10.2. The second-order valence-electron chi connectivity index (χ2n) is 3.92. The first kappa shape index (κ1) is 14.4. The second-order valence-corrected chi connectivity index (χ2v) is 4.77. The average molecular weight is 309 g/mol. The van der Waals surface area contributed by atoms with E-state index in [0.717, 1.165) is 0 Å². The van der Waals surface area contributed by atoms with Gasteiger partial charge < -0.3 is 5.11 Å². The van der Waals surface area contributed by atoms with Crippen molar-refractivity contribution in [2.75, 3.05) is 5.43 Å². The molecule has 0 aliphatic carbocycles. The quantitative estimate of drug-likeness (QED) is 0.659. The number of hydrogen-bond acceptors (Lipinski definition) is 3. The Hall–Kier alpha value is -2.04. The molecule has 0 fully saturated rings. The maximum Gasteiger partial charge on any atom is 0.335 e. The van der Waals surface area contributed by atoms with Crippen LogP contribution in [0.25, 0.3) is 0 Å². The van der Waals surface area contributed by atoms with E-state index in [1.54, 1.807) is 30.3 Å². The van der Waals surface area contributed by atoms with Gasteiger partial charge in [0.05, 0.1) is 22.5 Å². The highest BCUT2D eigenvalue weighted by Gasteiger charge is 2.02. The third-order valence-corrected chi connectivity index (χ3v) is 3.03. The molecule has 0 saturated carbocycles. The van der Waals surface area contributed by atoms with Gasteiger partial charge >= 0.3 is 5.97 Å². The average Bonchev–Trinajstić information content (AvgIpc) is 2.41. The van der Waals surface area contributed by atoms with E-state index >= 15 is 0 Å². The standard InChI is InChI=1S/C14H10Cl2N2O2/c15-11-5-4-10(13(16)7-11)8-17-18-12-3-1-2-9(6-12)14(19)20/h1-8,18H,(H,19,20)/b17-8-. The van der Waals surface area contributed by atoms with Crippen molar-refractivity contribution in [3.8, 4) is 0 Å². The van der Waals surface area contributed by atoms with E-state index in [1.807, 2.05) is 0 Å². The van der Waals surface area contributed by atoms with Crippen molar-refractivity contribution in [3.63, 3.8) is 0 Å². The minimum Gasteiger partial charge on any atom is -0.478 e. The topological polar surface area (TPSA) is 61.7 Å². The minimum absolute atomic E-state index is 0.190. The zero-order chi connectivity index (χ0) is 14.5. The Morgan fingerprint density at radius 3 is 2.70 bits per heavy atom. The van der Waals surface area contributed by atoms with Crippen LogP contribution in [0, 0.1) is 0 Å². The Morgan fingerprint density at radius 2 is 2.00 bits per heavy atom. The molecular weight excluding hydrogens is 299 g/mol. The zero-order valence-electron chi connectivity index (χ0n) is 10.2. The molecule has 0 unspecified atom stereocenters. The highest BCUT2D eigenvalue weighted by molar-refractivity contribution is 6.36. The number of nitrogens with one attached hydrogen (secondary N) is 1. The molecule has 2 aromatic carbocycles. The molecule has 102 valence electrons. The van der Waals surface area contributed by atoms with Crippen LogP contribution < -0.4 is 5.43 Å². The summed E-state index contributed by atoms with van der Waals surface area (Å²) in [5, 5.41) is 13.9. The zero-order valence-corrected chi connectivity index (χ0v) is 11.7. The minimum atomic E-state index is -0.988. The highest BCUT2D eigenvalue weighted by Crippen LogP contribution is 2.19. The Morgan fingerprint density at radius 1 is 1.20 bits per heavy atom. The summed E-state index contributed by atoms with van der Waals surface area (Å²) in [5.74, 6) is -0.988. The summed E-state index contributed by atoms with van der Waals surface area (Å²) in [5.41, 5.74) is 4.22. The van der Waals surface area contributed by atoms with Crippen LogP contribution in [0.5, 0.6) is 0 Å². The molecule has 0 atom stereocenters. The van der Waals surface area contributed by atoms with Crippen molar-refractivity contribution >= 4 is 41.1 Å². The smallest absolute Gasteiger partial charge is 0.335 e. The van der Waals surface area contributed by atoms with Gasteiger partial charge in [-0.05, 0) is 30.3 Å². The molecule has 0 aliphatic heterocycles. The molecule has 0 amide bonds. The number of halogens is 2. The van der Waals surface area contributed by atoms with Crippen molar-refractivity contribution < 1.29 is 9.90 Å². The maximum absolute atomic E-state index is 10.8. The molecule has 2 aromatic rings. The van der Waals surface area contributed by atoms with Gasteiger partial charge in [-0.25, -0.2) is 4.79 Å². The number of carboxylic acids is 1. The normalized spacial score (nSPS) is 10.7. The molecule has 0 aliphatic rings. The summed E-state index contributed by atoms with van der Waals surface area (Å²) in [6.45, 7) is 0. The van der Waals surface area contributed by atoms with Gasteiger partial charge in [-0.3, -0.25) is 5.43 Å². The fourth-order valence-electron chi connectivity index (χ4n) is 1.50. The lowest BCUT2D eigenvalue weighted by molar-refractivity contribution is 0.0697. The number of nitrogens with zero attached hydrogens (tertiary/aromatic N) is 1. The number of hydrogen-bond donors (Lipinski definition) is 2. The first-order valence-electron chi connectivity index (χ1n) is 5.64. The molecule has 0 aromatic heterocycles. The number of hydrazone groups is 1. The third kappa shape index (κ3) is 3.73. The second kappa shape index (κ2) is 6.41. The largest absolute Gasteiger partial charge is 0.478 e. The number of anilines is 1. The first-order valence-corrected chi connectivity index (χ1v) is 6.39. The highest BCUT2D eigenvalue weighted by atomic mass is 35.5. The van der Waals surface area contributed by atoms with E-state index in [2.05, 4.69) is 10.5 Å². The monoisotopic (exact) mass is 308 g/mol. The van der Waals surface area contributed by atoms with Gasteiger partial charge in [0.2, 0.25) is 0 Å². The molecule has 0 bridgehead atoms. The molecule has 0 radical (unpaired) electrons. The number of carboxylic acid groups (broad SMARTS) is 1. The lowest BCUT2D eigenvalue weighted by Crippen LogP contribution is -1.97. The lowest BCUT2D eigenvalue weighted by Gasteiger charge is -2.02. The van der Waals surface area contributed by atoms with Crippen molar-refractivity contribution in [1.29, 1.82) is 0 Å². The van der Waals surface area contributed by atoms with E-state index in [0.29, 0.717) is 21.3 Å². The molecule has 0 saturated heterocycles. The van der Waals surface area contributed by atoms with Crippen LogP contribution >= 0.6 is 23.2 Å². The predicted molar refractivity (Wildman–Crippen MR) is 81.1 cm³/mol. The van der Waals surface area contributed by atoms with E-state index in [9.17, 15) is 4.79 Å². The van der Waals surface area contributed by atoms with Gasteiger partial charge in [-0.15, -0.1) is 0 Å². The van der Waals surface area contributed by atoms with E-state index in [-0.39, 0.29) is 5.56 Å². The molecule has 20 heavy (non-hydrogen) atoms. The Kier molecular flexibility index (Phi) is 4.61. The van der Waals surface area contributed by atoms with E-state index in [4.69, 9.17) is 28.3 Å². The summed E-state index contributed by atoms with van der Waals surface area (Å²) in [7, 11) is 0. The first-order chi connectivity index (χ1) is 9.56. The van der Waals surface area contributed by atoms with E-state index < -0.39 is 5.97 Å². The number of rotatable bonds is 4. The predicted octanol–water partition coefficient (Wildman–Crippen LogP) is 4.14. The van der Waals surface area contributed by atoms with E-state index in [1.165, 1.54) is 18.3 Å². The summed E-state index contributed by atoms with van der Waals surface area (Å²) in [6, 6.07) is 11.4. The van der Waals surface area contributed by atoms with Gasteiger partial charge in [0.15, 0.2) is 0 Å². The van der Waals surface area contributed by atoms with Crippen molar-refractivity contribution in [2.24, 2.45) is 5.10 Å². The van der Waals surface area contributed by atoms with Crippen LogP contribution in [0.1, 0.15) is 15.9 Å². The van der Waals surface area contributed by atoms with Gasteiger partial charge in [-0.2, -0.15) is 5.10 Å². The number of benzene rings is 2. The molecule has 0 spiro atoms. The Bertz CT molecular complexity index is 672. The Labute approximate surface area is 125 Å². The molecule has 4 nitrogen and oxygen atoms in total. The molecule has 2 rings (SSSR count). The van der Waals surface area contributed by atoms with Crippen LogP contribution in [0.4, 0.5) is 5.69 Å². The fourth-order valence-corrected chi connectivity index (χ4v) is 1.96. The van der Waals surface area contributed by atoms with Crippen LogP contribution in [0.2, 0.25) is 10.0 Å². The molecule has 0 heterocycles. The fraction of sp³-hybridized carbons (Fsp3) is 0. The summed E-state index contributed by atoms with van der Waals surface area (Å²) >= 11 is 11.8. The van der Waals surface area contributed by atoms with Gasteiger partial charge in [0.25, 0.3) is 0 Å². The Balaban J connectivity index is 2.10. The SMILES string of the molecule is O=C(O)c1cccc(N/N=C\c2ccc(Cl)cc2Cl)c1. The van der Waals surface area contributed by atoms with Crippen LogP contribution in [-0.4, -0.2) is 17.3 Å². The summed E-state index contributed by atoms with van der Waals surface area (Å²) in [6.07, 6.45) is 1.53. The third-order valence-electron chi connectivity index (χ3n) is 2.47. The van der Waals surface area contributed by atoms with Crippen molar-refractivity contribution in [3.05, 3.63) is 63.6 Å². The van der Waals surface area contributed by atoms with Gasteiger partial charge in [0, 0.05) is 10.6 Å². The number of carbonyl (C=O) groups is 1. The van der Waals surface area contributed by atoms with Crippen LogP contribution in [0.3, 0.4) is 0 Å².